The van der Waals surface area contributed by atoms with Gasteiger partial charge in [0.2, 0.25) is 5.82 Å². The van der Waals surface area contributed by atoms with Crippen molar-refractivity contribution in [3.05, 3.63) is 173 Å². The highest BCUT2D eigenvalue weighted by molar-refractivity contribution is 6.13. The standard InChI is InChI=1S/C35H25N7O5/c43-33(27-16-6-2-7-17-27)39(41(42(45)46)31-22-10-11-23-36-31)29-20-12-21-30(32(29)26-14-4-1-5-15-26)40(47-35-37-24-13-25-38-35)34(44)28-18-8-3-9-19-28/h1-25H. The second-order valence-electron chi connectivity index (χ2n) is 9.82. The number of amides is 2. The Hall–Kier alpha value is -6.95. The van der Waals surface area contributed by atoms with Gasteiger partial charge in [-0.25, -0.2) is 25.1 Å². The molecule has 12 nitrogen and oxygen atoms in total. The Morgan fingerprint density at radius 3 is 1.74 bits per heavy atom. The molecule has 6 aromatic rings. The van der Waals surface area contributed by atoms with Gasteiger partial charge in [-0.05, 0) is 60.2 Å². The van der Waals surface area contributed by atoms with Gasteiger partial charge in [-0.2, -0.15) is 5.01 Å². The van der Waals surface area contributed by atoms with Crippen molar-refractivity contribution in [1.29, 1.82) is 0 Å². The molecule has 0 atom stereocenters. The molecule has 2 aromatic heterocycles. The van der Waals surface area contributed by atoms with Gasteiger partial charge in [0.05, 0.1) is 11.4 Å². The second-order valence-corrected chi connectivity index (χ2v) is 9.82. The Morgan fingerprint density at radius 1 is 0.596 bits per heavy atom. The van der Waals surface area contributed by atoms with E-state index in [-0.39, 0.29) is 39.9 Å². The molecule has 4 aromatic carbocycles. The minimum atomic E-state index is -0.730. The van der Waals surface area contributed by atoms with Gasteiger partial charge in [-0.3, -0.25) is 9.59 Å². The van der Waals surface area contributed by atoms with E-state index in [1.165, 1.54) is 24.7 Å². The number of carbonyl (C=O) groups is 2. The number of hydrogen-bond acceptors (Lipinski definition) is 8. The fourth-order valence-electron chi connectivity index (χ4n) is 4.82. The van der Waals surface area contributed by atoms with Gasteiger partial charge in [-0.15, -0.1) is 5.06 Å². The van der Waals surface area contributed by atoms with E-state index in [9.17, 15) is 19.7 Å². The van der Waals surface area contributed by atoms with E-state index < -0.39 is 16.8 Å². The lowest BCUT2D eigenvalue weighted by atomic mass is 10.00. The zero-order chi connectivity index (χ0) is 32.6. The number of hydroxylamine groups is 1. The molecule has 47 heavy (non-hydrogen) atoms. The zero-order valence-corrected chi connectivity index (χ0v) is 24.6. The highest BCUT2D eigenvalue weighted by Crippen LogP contribution is 2.41. The normalized spacial score (nSPS) is 10.5. The zero-order valence-electron chi connectivity index (χ0n) is 24.6. The lowest BCUT2D eigenvalue weighted by Gasteiger charge is -2.31. The van der Waals surface area contributed by atoms with Gasteiger partial charge < -0.3 is 4.84 Å². The third-order valence-electron chi connectivity index (χ3n) is 6.86. The summed E-state index contributed by atoms with van der Waals surface area (Å²) >= 11 is 0. The first-order valence-electron chi connectivity index (χ1n) is 14.3. The molecule has 0 bridgehead atoms. The minimum Gasteiger partial charge on any atom is -0.329 e. The van der Waals surface area contributed by atoms with E-state index in [2.05, 4.69) is 15.0 Å². The molecule has 0 saturated carbocycles. The Labute approximate surface area is 268 Å². The van der Waals surface area contributed by atoms with E-state index >= 15 is 0 Å². The number of benzene rings is 4. The van der Waals surface area contributed by atoms with Crippen LogP contribution in [0.4, 0.5) is 17.2 Å². The van der Waals surface area contributed by atoms with Gasteiger partial charge in [0, 0.05) is 40.4 Å². The molecule has 2 heterocycles. The molecule has 0 aliphatic rings. The number of aromatic nitrogens is 3. The summed E-state index contributed by atoms with van der Waals surface area (Å²) in [5.74, 6) is -1.43. The second kappa shape index (κ2) is 13.8. The van der Waals surface area contributed by atoms with Crippen LogP contribution in [0.15, 0.2) is 152 Å². The number of nitro groups is 1. The highest BCUT2D eigenvalue weighted by atomic mass is 16.7. The number of carbonyl (C=O) groups excluding carboxylic acids is 2. The molecule has 0 N–H and O–H groups in total. The maximum atomic E-state index is 14.4. The van der Waals surface area contributed by atoms with Crippen LogP contribution in [0.3, 0.4) is 0 Å². The fourth-order valence-corrected chi connectivity index (χ4v) is 4.82. The minimum absolute atomic E-state index is 0.0633. The molecule has 0 radical (unpaired) electrons. The molecule has 0 saturated heterocycles. The van der Waals surface area contributed by atoms with E-state index in [1.54, 1.807) is 127 Å². The molecular weight excluding hydrogens is 598 g/mol. The summed E-state index contributed by atoms with van der Waals surface area (Å²) in [5.41, 5.74) is 1.46. The molecule has 0 aliphatic carbocycles. The lowest BCUT2D eigenvalue weighted by molar-refractivity contribution is -0.495. The van der Waals surface area contributed by atoms with E-state index in [0.29, 0.717) is 10.7 Å². The first-order valence-corrected chi connectivity index (χ1v) is 14.3. The summed E-state index contributed by atoms with van der Waals surface area (Å²) in [6.45, 7) is 0. The number of pyridine rings is 1. The molecule has 0 unspecified atom stereocenters. The van der Waals surface area contributed by atoms with Crippen LogP contribution in [0.2, 0.25) is 0 Å². The Bertz CT molecular complexity index is 1990. The van der Waals surface area contributed by atoms with Crippen LogP contribution in [0.1, 0.15) is 20.7 Å². The van der Waals surface area contributed by atoms with Crippen molar-refractivity contribution in [2.45, 2.75) is 0 Å². The number of hydrazine groups is 2. The van der Waals surface area contributed by atoms with Gasteiger partial charge >= 0.3 is 6.01 Å². The maximum Gasteiger partial charge on any atom is 0.343 e. The molecule has 0 fully saturated rings. The van der Waals surface area contributed by atoms with Crippen molar-refractivity contribution < 1.29 is 19.5 Å². The van der Waals surface area contributed by atoms with Crippen LogP contribution in [0, 0.1) is 10.1 Å². The summed E-state index contributed by atoms with van der Waals surface area (Å²) in [6.07, 6.45) is 4.31. The van der Waals surface area contributed by atoms with Crippen LogP contribution < -0.4 is 20.0 Å². The highest BCUT2D eigenvalue weighted by Gasteiger charge is 2.38. The largest absolute Gasteiger partial charge is 0.343 e. The Morgan fingerprint density at radius 2 is 1.15 bits per heavy atom. The quantitative estimate of drug-likeness (QED) is 0.125. The van der Waals surface area contributed by atoms with E-state index in [0.717, 1.165) is 10.1 Å². The van der Waals surface area contributed by atoms with E-state index in [1.807, 2.05) is 0 Å². The third kappa shape index (κ3) is 6.47. The van der Waals surface area contributed by atoms with Crippen LogP contribution in [-0.2, 0) is 0 Å². The van der Waals surface area contributed by atoms with Crippen molar-refractivity contribution in [2.24, 2.45) is 0 Å². The topological polar surface area (TPSA) is 135 Å². The Balaban J connectivity index is 1.64. The molecular formula is C35H25N7O5. The van der Waals surface area contributed by atoms with Crippen molar-refractivity contribution in [3.8, 4) is 17.1 Å². The number of rotatable bonds is 10. The first kappa shape index (κ1) is 30.1. The maximum absolute atomic E-state index is 14.4. The first-order chi connectivity index (χ1) is 23.0. The van der Waals surface area contributed by atoms with Crippen LogP contribution in [-0.4, -0.2) is 31.8 Å². The number of anilines is 3. The molecule has 230 valence electrons. The summed E-state index contributed by atoms with van der Waals surface area (Å²) in [4.78, 5) is 59.9. The van der Waals surface area contributed by atoms with Crippen LogP contribution >= 0.6 is 0 Å². The van der Waals surface area contributed by atoms with Gasteiger partial charge in [-0.1, -0.05) is 78.9 Å². The predicted molar refractivity (Wildman–Crippen MR) is 175 cm³/mol. The molecule has 2 amide bonds. The van der Waals surface area contributed by atoms with Crippen molar-refractivity contribution >= 4 is 29.0 Å². The molecule has 6 rings (SSSR count). The summed E-state index contributed by atoms with van der Waals surface area (Å²) < 4.78 is 0. The van der Waals surface area contributed by atoms with Gasteiger partial charge in [0.1, 0.15) is 0 Å². The van der Waals surface area contributed by atoms with Crippen LogP contribution in [0.25, 0.3) is 11.1 Å². The number of hydrogen-bond donors (Lipinski definition) is 0. The van der Waals surface area contributed by atoms with Crippen molar-refractivity contribution in [3.63, 3.8) is 0 Å². The average molecular weight is 624 g/mol. The SMILES string of the molecule is O=C(c1ccccc1)N(Oc1ncccn1)c1cccc(N(C(=O)c2ccccc2)N(c2ccccn2)[N+](=O)[O-])c1-c1ccccc1. The van der Waals surface area contributed by atoms with Gasteiger partial charge in [0.25, 0.3) is 11.8 Å². The predicted octanol–water partition coefficient (Wildman–Crippen LogP) is 6.44. The smallest absolute Gasteiger partial charge is 0.329 e. The van der Waals surface area contributed by atoms with Gasteiger partial charge in [0.15, 0.2) is 5.03 Å². The van der Waals surface area contributed by atoms with E-state index in [4.69, 9.17) is 4.84 Å². The lowest BCUT2D eigenvalue weighted by Crippen LogP contribution is -2.51. The molecule has 12 heteroatoms. The Kier molecular flexibility index (Phi) is 8.82. The summed E-state index contributed by atoms with van der Waals surface area (Å²) in [7, 11) is 0. The van der Waals surface area contributed by atoms with Crippen LogP contribution in [0.5, 0.6) is 6.01 Å². The monoisotopic (exact) mass is 623 g/mol. The van der Waals surface area contributed by atoms with Crippen molar-refractivity contribution in [2.75, 3.05) is 15.2 Å². The average Bonchev–Trinajstić information content (AvgIpc) is 3.13. The fraction of sp³-hybridized carbons (Fsp3) is 0. The number of nitrogens with zero attached hydrogens (tertiary/aromatic N) is 7. The summed E-state index contributed by atoms with van der Waals surface area (Å²) in [5, 5.41) is 14.6. The van der Waals surface area contributed by atoms with Crippen molar-refractivity contribution in [1.82, 2.24) is 15.0 Å². The third-order valence-corrected chi connectivity index (χ3v) is 6.86. The summed E-state index contributed by atoms with van der Waals surface area (Å²) in [6, 6.07) is 36.3. The molecule has 0 aliphatic heterocycles. The molecule has 0 spiro atoms.